The van der Waals surface area contributed by atoms with Crippen LogP contribution in [0.2, 0.25) is 0 Å². The van der Waals surface area contributed by atoms with Gasteiger partial charge in [0.2, 0.25) is 0 Å². The van der Waals surface area contributed by atoms with E-state index in [1.54, 1.807) is 6.07 Å². The summed E-state index contributed by atoms with van der Waals surface area (Å²) in [6.07, 6.45) is 3.09. The molecule has 0 aliphatic carbocycles. The van der Waals surface area contributed by atoms with Crippen molar-refractivity contribution in [2.75, 3.05) is 6.61 Å². The van der Waals surface area contributed by atoms with Gasteiger partial charge in [-0.3, -0.25) is 4.79 Å². The molecule has 31 heavy (non-hydrogen) atoms. The molecule has 2 heterocycles. The van der Waals surface area contributed by atoms with Crippen LogP contribution >= 0.6 is 0 Å². The highest BCUT2D eigenvalue weighted by molar-refractivity contribution is 6.05. The summed E-state index contributed by atoms with van der Waals surface area (Å²) in [6.45, 7) is 5.89. The Morgan fingerprint density at radius 2 is 1.71 bits per heavy atom. The van der Waals surface area contributed by atoms with E-state index in [0.717, 1.165) is 41.3 Å². The first-order valence-corrected chi connectivity index (χ1v) is 10.9. The van der Waals surface area contributed by atoms with Crippen molar-refractivity contribution in [3.63, 3.8) is 0 Å². The summed E-state index contributed by atoms with van der Waals surface area (Å²) in [6, 6.07) is 17.6. The molecule has 1 aliphatic rings. The SMILES string of the molecule is Cc1ccc(-c2cc(C(=O)OCC(=O)N3[C@H](C)CCC[C@@H]3C)c3ccccc3n2)cc1. The molecule has 0 saturated carbocycles. The smallest absolute Gasteiger partial charge is 0.339 e. The molecule has 1 amide bonds. The summed E-state index contributed by atoms with van der Waals surface area (Å²) in [5.41, 5.74) is 3.93. The Labute approximate surface area is 183 Å². The van der Waals surface area contributed by atoms with Gasteiger partial charge in [-0.2, -0.15) is 0 Å². The molecule has 0 N–H and O–H groups in total. The number of esters is 1. The van der Waals surface area contributed by atoms with Gasteiger partial charge in [0.15, 0.2) is 6.61 Å². The van der Waals surface area contributed by atoms with Crippen molar-refractivity contribution < 1.29 is 14.3 Å². The van der Waals surface area contributed by atoms with Crippen LogP contribution in [0.15, 0.2) is 54.6 Å². The van der Waals surface area contributed by atoms with Crippen molar-refractivity contribution >= 4 is 22.8 Å². The van der Waals surface area contributed by atoms with Gasteiger partial charge in [0.25, 0.3) is 5.91 Å². The van der Waals surface area contributed by atoms with Gasteiger partial charge in [-0.15, -0.1) is 0 Å². The van der Waals surface area contributed by atoms with E-state index in [-0.39, 0.29) is 24.6 Å². The van der Waals surface area contributed by atoms with E-state index in [0.29, 0.717) is 11.3 Å². The minimum absolute atomic E-state index is 0.134. The number of amides is 1. The van der Waals surface area contributed by atoms with Gasteiger partial charge in [0, 0.05) is 23.0 Å². The fourth-order valence-electron chi connectivity index (χ4n) is 4.41. The van der Waals surface area contributed by atoms with Gasteiger partial charge in [0.1, 0.15) is 0 Å². The minimum atomic E-state index is -0.502. The number of para-hydroxylation sites is 1. The lowest BCUT2D eigenvalue weighted by molar-refractivity contribution is -0.140. The lowest BCUT2D eigenvalue weighted by Crippen LogP contribution is -2.49. The van der Waals surface area contributed by atoms with Crippen molar-refractivity contribution in [2.24, 2.45) is 0 Å². The summed E-state index contributed by atoms with van der Waals surface area (Å²) in [7, 11) is 0. The van der Waals surface area contributed by atoms with Gasteiger partial charge < -0.3 is 9.64 Å². The van der Waals surface area contributed by atoms with Crippen LogP contribution in [0, 0.1) is 6.92 Å². The Morgan fingerprint density at radius 3 is 2.42 bits per heavy atom. The number of rotatable bonds is 4. The maximum absolute atomic E-state index is 13.0. The zero-order valence-corrected chi connectivity index (χ0v) is 18.3. The van der Waals surface area contributed by atoms with Crippen molar-refractivity contribution in [3.8, 4) is 11.3 Å². The average molecular weight is 417 g/mol. The fraction of sp³-hybridized carbons (Fsp3) is 0.346. The third-order valence-corrected chi connectivity index (χ3v) is 6.09. The molecular weight excluding hydrogens is 388 g/mol. The predicted octanol–water partition coefficient (Wildman–Crippen LogP) is 5.16. The maximum Gasteiger partial charge on any atom is 0.339 e. The number of piperidine rings is 1. The summed E-state index contributed by atoms with van der Waals surface area (Å²) in [5.74, 6) is -0.636. The van der Waals surface area contributed by atoms with Crippen LogP contribution in [0.25, 0.3) is 22.2 Å². The van der Waals surface area contributed by atoms with E-state index in [2.05, 4.69) is 13.8 Å². The van der Waals surface area contributed by atoms with Crippen LogP contribution in [0.5, 0.6) is 0 Å². The first kappa shape index (κ1) is 21.0. The van der Waals surface area contributed by atoms with Gasteiger partial charge in [-0.05, 0) is 52.2 Å². The van der Waals surface area contributed by atoms with Gasteiger partial charge in [-0.25, -0.2) is 9.78 Å². The minimum Gasteiger partial charge on any atom is -0.452 e. The number of ether oxygens (including phenoxy) is 1. The Balaban J connectivity index is 1.59. The number of carbonyl (C=O) groups is 2. The number of likely N-dealkylation sites (tertiary alicyclic amines) is 1. The van der Waals surface area contributed by atoms with Crippen LogP contribution in [0.4, 0.5) is 0 Å². The number of benzene rings is 2. The lowest BCUT2D eigenvalue weighted by Gasteiger charge is -2.38. The monoisotopic (exact) mass is 416 g/mol. The van der Waals surface area contributed by atoms with E-state index in [4.69, 9.17) is 9.72 Å². The highest BCUT2D eigenvalue weighted by atomic mass is 16.5. The molecule has 0 bridgehead atoms. The zero-order chi connectivity index (χ0) is 22.0. The molecule has 2 atom stereocenters. The number of hydrogen-bond acceptors (Lipinski definition) is 4. The highest BCUT2D eigenvalue weighted by Gasteiger charge is 2.29. The molecular formula is C26H28N2O3. The number of nitrogens with zero attached hydrogens (tertiary/aromatic N) is 2. The number of aromatic nitrogens is 1. The second kappa shape index (κ2) is 8.88. The molecule has 1 aromatic heterocycles. The van der Waals surface area contributed by atoms with Gasteiger partial charge in [-0.1, -0.05) is 48.0 Å². The highest BCUT2D eigenvalue weighted by Crippen LogP contribution is 2.26. The molecule has 1 saturated heterocycles. The number of hydrogen-bond donors (Lipinski definition) is 0. The topological polar surface area (TPSA) is 59.5 Å². The van der Waals surface area contributed by atoms with E-state index in [1.807, 2.05) is 60.4 Å². The number of aryl methyl sites for hydroxylation is 1. The number of pyridine rings is 1. The Kier molecular flexibility index (Phi) is 6.03. The van der Waals surface area contributed by atoms with Crippen molar-refractivity contribution in [1.82, 2.24) is 9.88 Å². The van der Waals surface area contributed by atoms with Gasteiger partial charge >= 0.3 is 5.97 Å². The van der Waals surface area contributed by atoms with E-state index >= 15 is 0 Å². The average Bonchev–Trinajstić information content (AvgIpc) is 2.77. The first-order chi connectivity index (χ1) is 14.9. The molecule has 3 aromatic rings. The molecule has 1 aliphatic heterocycles. The molecule has 5 nitrogen and oxygen atoms in total. The summed E-state index contributed by atoms with van der Waals surface area (Å²) in [5, 5.41) is 0.718. The maximum atomic E-state index is 13.0. The lowest BCUT2D eigenvalue weighted by atomic mass is 9.97. The molecule has 1 fully saturated rings. The van der Waals surface area contributed by atoms with E-state index in [9.17, 15) is 9.59 Å². The molecule has 0 unspecified atom stereocenters. The van der Waals surface area contributed by atoms with E-state index < -0.39 is 5.97 Å². The molecule has 0 spiro atoms. The van der Waals surface area contributed by atoms with Crippen LogP contribution in [-0.4, -0.2) is 40.5 Å². The van der Waals surface area contributed by atoms with Crippen LogP contribution in [-0.2, 0) is 9.53 Å². The Bertz CT molecular complexity index is 1100. The van der Waals surface area contributed by atoms with Crippen LogP contribution in [0.1, 0.15) is 49.0 Å². The van der Waals surface area contributed by atoms with Crippen molar-refractivity contribution in [2.45, 2.75) is 52.1 Å². The largest absolute Gasteiger partial charge is 0.452 e. The Hall–Kier alpha value is -3.21. The van der Waals surface area contributed by atoms with Crippen LogP contribution < -0.4 is 0 Å². The van der Waals surface area contributed by atoms with Crippen molar-refractivity contribution in [1.29, 1.82) is 0 Å². The van der Waals surface area contributed by atoms with Crippen molar-refractivity contribution in [3.05, 3.63) is 65.7 Å². The fourth-order valence-corrected chi connectivity index (χ4v) is 4.41. The molecule has 2 aromatic carbocycles. The molecule has 160 valence electrons. The third-order valence-electron chi connectivity index (χ3n) is 6.09. The zero-order valence-electron chi connectivity index (χ0n) is 18.3. The summed E-state index contributed by atoms with van der Waals surface area (Å²) >= 11 is 0. The first-order valence-electron chi connectivity index (χ1n) is 10.9. The molecule has 5 heteroatoms. The molecule has 4 rings (SSSR count). The van der Waals surface area contributed by atoms with Crippen LogP contribution in [0.3, 0.4) is 0 Å². The molecule has 0 radical (unpaired) electrons. The number of carbonyl (C=O) groups excluding carboxylic acids is 2. The third kappa shape index (κ3) is 4.46. The van der Waals surface area contributed by atoms with E-state index in [1.165, 1.54) is 0 Å². The summed E-state index contributed by atoms with van der Waals surface area (Å²) in [4.78, 5) is 32.4. The number of fused-ring (bicyclic) bond motifs is 1. The predicted molar refractivity (Wildman–Crippen MR) is 122 cm³/mol. The second-order valence-electron chi connectivity index (χ2n) is 8.44. The normalized spacial score (nSPS) is 18.7. The van der Waals surface area contributed by atoms with Gasteiger partial charge in [0.05, 0.1) is 16.8 Å². The summed E-state index contributed by atoms with van der Waals surface area (Å²) < 4.78 is 5.50. The standard InChI is InChI=1S/C26H28N2O3/c1-17-11-13-20(14-12-17)24-15-22(21-9-4-5-10-23(21)27-24)26(30)31-16-25(29)28-18(2)7-6-8-19(28)3/h4-5,9-15,18-19H,6-8,16H2,1-3H3/t18-,19+. The second-order valence-corrected chi connectivity index (χ2v) is 8.44. The quantitative estimate of drug-likeness (QED) is 0.552. The Morgan fingerprint density at radius 1 is 1.03 bits per heavy atom.